The standard InChI is InChI=1S/C46H49N5O6/c1-2-38(30-7-14-36(52)15-8-30)43(32-9-16-37(53)17-10-32)31-5-12-35(13-6-31)50-24-21-29(22-25-50)27-49-23-3-4-34(28-49)47-33-11-18-39-40(26-33)46(57)51(45(39)56)41-19-20-42(54)48-44(41)55/h5-18,26,29,34,41,47,52-53H,2-4,19-25,27-28H2,1H3,(H,48,54,55)/t34-,41?/m0/s1. The molecule has 4 aromatic carbocycles. The van der Waals surface area contributed by atoms with Crippen LogP contribution < -0.4 is 15.5 Å². The van der Waals surface area contributed by atoms with E-state index in [-0.39, 0.29) is 41.5 Å². The first-order chi connectivity index (χ1) is 27.6. The molecule has 2 atom stereocenters. The van der Waals surface area contributed by atoms with Crippen LogP contribution in [0.5, 0.6) is 11.5 Å². The van der Waals surface area contributed by atoms with E-state index < -0.39 is 29.7 Å². The molecule has 57 heavy (non-hydrogen) atoms. The Bertz CT molecular complexity index is 2190. The molecule has 0 aliphatic carbocycles. The van der Waals surface area contributed by atoms with Crippen molar-refractivity contribution in [2.24, 2.45) is 5.92 Å². The summed E-state index contributed by atoms with van der Waals surface area (Å²) in [5.41, 5.74) is 8.03. The highest BCUT2D eigenvalue weighted by molar-refractivity contribution is 6.23. The maximum atomic E-state index is 13.3. The van der Waals surface area contributed by atoms with Gasteiger partial charge in [-0.1, -0.05) is 43.3 Å². The summed E-state index contributed by atoms with van der Waals surface area (Å²) in [6, 6.07) is 28.0. The Morgan fingerprint density at radius 2 is 1.37 bits per heavy atom. The molecule has 0 spiro atoms. The highest BCUT2D eigenvalue weighted by Gasteiger charge is 2.44. The van der Waals surface area contributed by atoms with E-state index in [4.69, 9.17) is 0 Å². The van der Waals surface area contributed by atoms with Crippen LogP contribution in [0.3, 0.4) is 0 Å². The van der Waals surface area contributed by atoms with Crippen molar-refractivity contribution >= 4 is 46.1 Å². The number of nitrogens with zero attached hydrogens (tertiary/aromatic N) is 3. The lowest BCUT2D eigenvalue weighted by Gasteiger charge is -2.39. The van der Waals surface area contributed by atoms with Gasteiger partial charge in [0.05, 0.1) is 11.1 Å². The number of benzene rings is 4. The average molecular weight is 768 g/mol. The van der Waals surface area contributed by atoms with Gasteiger partial charge in [0.2, 0.25) is 11.8 Å². The summed E-state index contributed by atoms with van der Waals surface area (Å²) in [6.07, 6.45) is 5.33. The van der Waals surface area contributed by atoms with Crippen LogP contribution in [0.1, 0.15) is 89.3 Å². The Morgan fingerprint density at radius 1 is 0.737 bits per heavy atom. The van der Waals surface area contributed by atoms with Crippen molar-refractivity contribution in [1.82, 2.24) is 15.1 Å². The lowest BCUT2D eigenvalue weighted by atomic mass is 9.88. The number of rotatable bonds is 10. The van der Waals surface area contributed by atoms with Gasteiger partial charge in [-0.3, -0.25) is 29.4 Å². The van der Waals surface area contributed by atoms with Crippen molar-refractivity contribution in [3.8, 4) is 11.5 Å². The number of phenols is 2. The van der Waals surface area contributed by atoms with E-state index in [1.165, 1.54) is 11.3 Å². The molecule has 4 aliphatic heterocycles. The molecule has 4 aromatic rings. The molecule has 294 valence electrons. The fraction of sp³-hybridized carbons (Fsp3) is 0.348. The summed E-state index contributed by atoms with van der Waals surface area (Å²) in [4.78, 5) is 56.6. The van der Waals surface area contributed by atoms with Gasteiger partial charge in [-0.2, -0.15) is 0 Å². The average Bonchev–Trinajstić information content (AvgIpc) is 3.46. The van der Waals surface area contributed by atoms with Crippen molar-refractivity contribution in [2.45, 2.75) is 64.0 Å². The molecule has 0 bridgehead atoms. The number of nitrogens with one attached hydrogen (secondary N) is 2. The third-order valence-corrected chi connectivity index (χ3v) is 12.0. The highest BCUT2D eigenvalue weighted by Crippen LogP contribution is 2.37. The second-order valence-electron chi connectivity index (χ2n) is 15.7. The largest absolute Gasteiger partial charge is 0.508 e. The molecule has 3 fully saturated rings. The molecule has 4 heterocycles. The molecule has 4 amide bonds. The maximum Gasteiger partial charge on any atom is 0.262 e. The number of carbonyl (C=O) groups excluding carboxylic acids is 4. The molecule has 0 radical (unpaired) electrons. The van der Waals surface area contributed by atoms with E-state index in [0.717, 1.165) is 97.7 Å². The molecule has 11 nitrogen and oxygen atoms in total. The minimum Gasteiger partial charge on any atom is -0.508 e. The van der Waals surface area contributed by atoms with Crippen molar-refractivity contribution < 1.29 is 29.4 Å². The molecule has 4 N–H and O–H groups in total. The zero-order valence-corrected chi connectivity index (χ0v) is 32.2. The normalized spacial score (nSPS) is 21.0. The second kappa shape index (κ2) is 16.3. The first kappa shape index (κ1) is 38.0. The Morgan fingerprint density at radius 3 is 2.02 bits per heavy atom. The summed E-state index contributed by atoms with van der Waals surface area (Å²) >= 11 is 0. The van der Waals surface area contributed by atoms with Crippen LogP contribution in [0.2, 0.25) is 0 Å². The van der Waals surface area contributed by atoms with Gasteiger partial charge >= 0.3 is 0 Å². The monoisotopic (exact) mass is 767 g/mol. The Hall–Kier alpha value is -5.94. The summed E-state index contributed by atoms with van der Waals surface area (Å²) in [5.74, 6) is -0.918. The molecule has 0 aromatic heterocycles. The summed E-state index contributed by atoms with van der Waals surface area (Å²) in [6.45, 7) is 7.12. The van der Waals surface area contributed by atoms with Crippen molar-refractivity contribution in [3.05, 3.63) is 119 Å². The van der Waals surface area contributed by atoms with E-state index in [1.807, 2.05) is 30.3 Å². The Balaban J connectivity index is 0.873. The minimum absolute atomic E-state index is 0.0919. The molecule has 11 heteroatoms. The molecule has 4 aliphatic rings. The minimum atomic E-state index is -0.976. The van der Waals surface area contributed by atoms with E-state index in [9.17, 15) is 29.4 Å². The predicted octanol–water partition coefficient (Wildman–Crippen LogP) is 6.66. The number of likely N-dealkylation sites (tertiary alicyclic amines) is 1. The number of piperidine rings is 3. The second-order valence-corrected chi connectivity index (χ2v) is 15.7. The van der Waals surface area contributed by atoms with E-state index in [0.29, 0.717) is 5.92 Å². The van der Waals surface area contributed by atoms with Gasteiger partial charge < -0.3 is 25.3 Å². The zero-order valence-electron chi connectivity index (χ0n) is 32.2. The molecular formula is C46H49N5O6. The van der Waals surface area contributed by atoms with Gasteiger partial charge in [0, 0.05) is 50.0 Å². The van der Waals surface area contributed by atoms with Gasteiger partial charge in [-0.15, -0.1) is 0 Å². The first-order valence-corrected chi connectivity index (χ1v) is 20.2. The number of carbonyl (C=O) groups is 4. The van der Waals surface area contributed by atoms with E-state index >= 15 is 0 Å². The molecule has 8 rings (SSSR count). The van der Waals surface area contributed by atoms with Gasteiger partial charge in [-0.25, -0.2) is 0 Å². The molecule has 3 saturated heterocycles. The number of imide groups is 2. The number of hydrogen-bond donors (Lipinski definition) is 4. The smallest absolute Gasteiger partial charge is 0.262 e. The van der Waals surface area contributed by atoms with Crippen molar-refractivity contribution in [2.75, 3.05) is 42.9 Å². The number of amides is 4. The number of anilines is 2. The molecule has 0 saturated carbocycles. The molecule has 1 unspecified atom stereocenters. The zero-order chi connectivity index (χ0) is 39.6. The van der Waals surface area contributed by atoms with Gasteiger partial charge in [0.15, 0.2) is 0 Å². The van der Waals surface area contributed by atoms with Crippen LogP contribution in [0, 0.1) is 5.92 Å². The fourth-order valence-corrected chi connectivity index (χ4v) is 9.04. The SMILES string of the molecule is CCC(=C(c1ccc(O)cc1)c1ccc(N2CCC(CN3CCC[C@H](Nc4ccc5c(c4)C(=O)N(C4CCC(=O)NC4=O)C5=O)C3)CC2)cc1)c1ccc(O)cc1. The summed E-state index contributed by atoms with van der Waals surface area (Å²) in [5, 5.41) is 25.8. The van der Waals surface area contributed by atoms with Gasteiger partial charge in [-0.05, 0) is 133 Å². The first-order valence-electron chi connectivity index (χ1n) is 20.2. The third kappa shape index (κ3) is 8.02. The number of aromatic hydroxyl groups is 2. The number of allylic oxidation sites excluding steroid dienone is 1. The van der Waals surface area contributed by atoms with Gasteiger partial charge in [0.25, 0.3) is 11.8 Å². The lowest BCUT2D eigenvalue weighted by Crippen LogP contribution is -2.54. The van der Waals surface area contributed by atoms with Crippen LogP contribution >= 0.6 is 0 Å². The summed E-state index contributed by atoms with van der Waals surface area (Å²) < 4.78 is 0. The van der Waals surface area contributed by atoms with Crippen LogP contribution in [-0.2, 0) is 9.59 Å². The van der Waals surface area contributed by atoms with E-state index in [2.05, 4.69) is 51.6 Å². The number of fused-ring (bicyclic) bond motifs is 1. The topological polar surface area (TPSA) is 143 Å². The lowest BCUT2D eigenvalue weighted by molar-refractivity contribution is -0.136. The van der Waals surface area contributed by atoms with Gasteiger partial charge in [0.1, 0.15) is 17.5 Å². The maximum absolute atomic E-state index is 13.3. The Kier molecular flexibility index (Phi) is 10.8. The highest BCUT2D eigenvalue weighted by atomic mass is 16.3. The van der Waals surface area contributed by atoms with Crippen molar-refractivity contribution in [1.29, 1.82) is 0 Å². The van der Waals surface area contributed by atoms with Crippen LogP contribution in [0.15, 0.2) is 91.0 Å². The van der Waals surface area contributed by atoms with Crippen molar-refractivity contribution in [3.63, 3.8) is 0 Å². The number of hydrogen-bond acceptors (Lipinski definition) is 9. The van der Waals surface area contributed by atoms with E-state index in [1.54, 1.807) is 36.4 Å². The quantitative estimate of drug-likeness (QED) is 0.103. The van der Waals surface area contributed by atoms with Crippen LogP contribution in [-0.4, -0.2) is 88.4 Å². The number of phenolic OH excluding ortho intramolecular Hbond substituents is 2. The fourth-order valence-electron chi connectivity index (χ4n) is 9.04. The summed E-state index contributed by atoms with van der Waals surface area (Å²) in [7, 11) is 0. The Labute approximate surface area is 333 Å². The van der Waals surface area contributed by atoms with Crippen LogP contribution in [0.25, 0.3) is 11.1 Å². The third-order valence-electron chi connectivity index (χ3n) is 12.0. The molecular weight excluding hydrogens is 719 g/mol. The predicted molar refractivity (Wildman–Crippen MR) is 220 cm³/mol. The van der Waals surface area contributed by atoms with Crippen LogP contribution in [0.4, 0.5) is 11.4 Å².